The Bertz CT molecular complexity index is 866. The highest BCUT2D eigenvalue weighted by atomic mass is 32.2. The fourth-order valence-electron chi connectivity index (χ4n) is 2.75. The van der Waals surface area contributed by atoms with Crippen molar-refractivity contribution >= 4 is 21.6 Å². The van der Waals surface area contributed by atoms with Crippen molar-refractivity contribution in [1.29, 1.82) is 0 Å². The molecule has 9 heteroatoms. The van der Waals surface area contributed by atoms with Gasteiger partial charge in [-0.15, -0.1) is 0 Å². The highest BCUT2D eigenvalue weighted by Crippen LogP contribution is 2.20. The Morgan fingerprint density at radius 3 is 2.19 bits per heavy atom. The van der Waals surface area contributed by atoms with Crippen LogP contribution in [0.5, 0.6) is 0 Å². The maximum absolute atomic E-state index is 12.6. The normalized spacial score (nSPS) is 15.3. The van der Waals surface area contributed by atoms with Gasteiger partial charge >= 0.3 is 5.76 Å². The number of sulfone groups is 1. The van der Waals surface area contributed by atoms with Crippen molar-refractivity contribution in [1.82, 2.24) is 9.88 Å². The molecule has 1 fully saturated rings. The molecule has 1 saturated heterocycles. The Labute approximate surface area is 150 Å². The summed E-state index contributed by atoms with van der Waals surface area (Å²) in [7, 11) is -4.65. The van der Waals surface area contributed by atoms with Gasteiger partial charge < -0.3 is 9.80 Å². The zero-order valence-electron chi connectivity index (χ0n) is 13.8. The Kier molecular flexibility index (Phi) is 5.17. The summed E-state index contributed by atoms with van der Waals surface area (Å²) < 4.78 is 48.0. The summed E-state index contributed by atoms with van der Waals surface area (Å²) in [5.41, 5.74) is 0.268. The van der Waals surface area contributed by atoms with Crippen LogP contribution in [0.3, 0.4) is 0 Å². The van der Waals surface area contributed by atoms with Crippen molar-refractivity contribution in [2.45, 2.75) is 10.7 Å². The number of hydrogen-bond donors (Lipinski definition) is 0. The van der Waals surface area contributed by atoms with Crippen LogP contribution in [0, 0.1) is 0 Å². The first kappa shape index (κ1) is 18.2. The Hall–Kier alpha value is -2.55. The van der Waals surface area contributed by atoms with E-state index in [9.17, 15) is 22.0 Å². The van der Waals surface area contributed by atoms with Crippen molar-refractivity contribution in [2.75, 3.05) is 31.1 Å². The number of anilines is 1. The molecule has 0 bridgehead atoms. The molecule has 0 atom stereocenters. The molecule has 0 radical (unpaired) electrons. The predicted molar refractivity (Wildman–Crippen MR) is 92.0 cm³/mol. The van der Waals surface area contributed by atoms with Gasteiger partial charge in [0.15, 0.2) is 0 Å². The van der Waals surface area contributed by atoms with Crippen molar-refractivity contribution < 1.29 is 22.0 Å². The molecule has 1 aliphatic heterocycles. The molecule has 1 aromatic heterocycles. The highest BCUT2D eigenvalue weighted by Gasteiger charge is 2.27. The van der Waals surface area contributed by atoms with E-state index in [2.05, 4.69) is 9.88 Å². The van der Waals surface area contributed by atoms with E-state index < -0.39 is 20.5 Å². The first-order chi connectivity index (χ1) is 12.4. The molecule has 0 unspecified atom stereocenters. The average molecular weight is 381 g/mol. The van der Waals surface area contributed by atoms with Gasteiger partial charge in [0.05, 0.1) is 4.90 Å². The van der Waals surface area contributed by atoms with Gasteiger partial charge in [0.2, 0.25) is 9.84 Å². The molecule has 1 aromatic carbocycles. The average Bonchev–Trinajstić information content (AvgIpc) is 2.68. The first-order valence-corrected chi connectivity index (χ1v) is 9.51. The van der Waals surface area contributed by atoms with Crippen molar-refractivity contribution in [3.05, 3.63) is 54.2 Å². The van der Waals surface area contributed by atoms with E-state index >= 15 is 0 Å². The lowest BCUT2D eigenvalue weighted by molar-refractivity contribution is 0.0746. The monoisotopic (exact) mass is 381 g/mol. The minimum atomic E-state index is -4.65. The maximum Gasteiger partial charge on any atom is 0.341 e. The number of carbonyl (C=O) groups is 1. The molecule has 0 spiro atoms. The van der Waals surface area contributed by atoms with Crippen molar-refractivity contribution in [3.8, 4) is 0 Å². The fraction of sp³-hybridized carbons (Fsp3) is 0.294. The lowest BCUT2D eigenvalue weighted by atomic mass is 10.2. The molecule has 2 aromatic rings. The van der Waals surface area contributed by atoms with Gasteiger partial charge in [0, 0.05) is 37.9 Å². The first-order valence-electron chi connectivity index (χ1n) is 7.97. The second-order valence-electron chi connectivity index (χ2n) is 5.80. The van der Waals surface area contributed by atoms with Gasteiger partial charge in [-0.05, 0) is 36.4 Å². The molecular formula is C17H17F2N3O3S. The third kappa shape index (κ3) is 3.67. The maximum atomic E-state index is 12.6. The SMILES string of the molecule is O=C(c1ccc(S(=O)(=O)C(F)F)cc1)N1CCN(c2ccccn2)CC1. The van der Waals surface area contributed by atoms with Crippen LogP contribution in [-0.2, 0) is 9.84 Å². The number of nitrogens with zero attached hydrogens (tertiary/aromatic N) is 3. The van der Waals surface area contributed by atoms with Crippen LogP contribution < -0.4 is 4.90 Å². The third-order valence-corrected chi connectivity index (χ3v) is 5.60. The number of piperazine rings is 1. The quantitative estimate of drug-likeness (QED) is 0.811. The Morgan fingerprint density at radius 1 is 1.00 bits per heavy atom. The number of alkyl halides is 2. The second kappa shape index (κ2) is 7.36. The van der Waals surface area contributed by atoms with Gasteiger partial charge in [-0.1, -0.05) is 6.07 Å². The molecule has 3 rings (SSSR count). The summed E-state index contributed by atoms with van der Waals surface area (Å²) in [6, 6.07) is 10.2. The lowest BCUT2D eigenvalue weighted by Gasteiger charge is -2.35. The summed E-state index contributed by atoms with van der Waals surface area (Å²) in [6.45, 7) is 2.24. The number of benzene rings is 1. The van der Waals surface area contributed by atoms with E-state index in [1.165, 1.54) is 12.1 Å². The van der Waals surface area contributed by atoms with Gasteiger partial charge in [0.1, 0.15) is 5.82 Å². The van der Waals surface area contributed by atoms with E-state index in [1.807, 2.05) is 18.2 Å². The predicted octanol–water partition coefficient (Wildman–Crippen LogP) is 2.04. The van der Waals surface area contributed by atoms with E-state index in [0.29, 0.717) is 26.2 Å². The Morgan fingerprint density at radius 2 is 1.65 bits per heavy atom. The number of hydrogen-bond acceptors (Lipinski definition) is 5. The van der Waals surface area contributed by atoms with Gasteiger partial charge in [0.25, 0.3) is 5.91 Å². The zero-order valence-corrected chi connectivity index (χ0v) is 14.6. The van der Waals surface area contributed by atoms with Gasteiger partial charge in [-0.25, -0.2) is 13.4 Å². The second-order valence-corrected chi connectivity index (χ2v) is 7.71. The molecule has 6 nitrogen and oxygen atoms in total. The van der Waals surface area contributed by atoms with Crippen molar-refractivity contribution in [2.24, 2.45) is 0 Å². The van der Waals surface area contributed by atoms with Crippen LogP contribution in [-0.4, -0.2) is 56.1 Å². The summed E-state index contributed by atoms with van der Waals surface area (Å²) in [5, 5.41) is 0. The number of aromatic nitrogens is 1. The molecule has 0 N–H and O–H groups in total. The summed E-state index contributed by atoms with van der Waals surface area (Å²) in [5.74, 6) is -2.89. The molecule has 1 amide bonds. The highest BCUT2D eigenvalue weighted by molar-refractivity contribution is 7.91. The molecule has 138 valence electrons. The van der Waals surface area contributed by atoms with E-state index in [4.69, 9.17) is 0 Å². The van der Waals surface area contributed by atoms with E-state index in [-0.39, 0.29) is 11.5 Å². The molecule has 2 heterocycles. The number of rotatable bonds is 4. The summed E-state index contributed by atoms with van der Waals surface area (Å²) in [6.07, 6.45) is 1.71. The smallest absolute Gasteiger partial charge is 0.341 e. The number of amides is 1. The lowest BCUT2D eigenvalue weighted by Crippen LogP contribution is -2.49. The molecule has 0 saturated carbocycles. The van der Waals surface area contributed by atoms with Crippen molar-refractivity contribution in [3.63, 3.8) is 0 Å². The van der Waals surface area contributed by atoms with Gasteiger partial charge in [-0.3, -0.25) is 4.79 Å². The van der Waals surface area contributed by atoms with Gasteiger partial charge in [-0.2, -0.15) is 8.78 Å². The summed E-state index contributed by atoms with van der Waals surface area (Å²) >= 11 is 0. The molecule has 0 aliphatic carbocycles. The van der Waals surface area contributed by atoms with E-state index in [1.54, 1.807) is 11.1 Å². The van der Waals surface area contributed by atoms with Crippen LogP contribution in [0.4, 0.5) is 14.6 Å². The third-order valence-electron chi connectivity index (χ3n) is 4.20. The van der Waals surface area contributed by atoms with Crippen LogP contribution >= 0.6 is 0 Å². The largest absolute Gasteiger partial charge is 0.353 e. The van der Waals surface area contributed by atoms with E-state index in [0.717, 1.165) is 18.0 Å². The molecular weight excluding hydrogens is 364 g/mol. The molecule has 1 aliphatic rings. The minimum absolute atomic E-state index is 0.258. The minimum Gasteiger partial charge on any atom is -0.353 e. The van der Waals surface area contributed by atoms with Crippen LogP contribution in [0.15, 0.2) is 53.6 Å². The number of pyridine rings is 1. The zero-order chi connectivity index (χ0) is 18.7. The standard InChI is InChI=1S/C17H17F2N3O3S/c18-17(19)26(24,25)14-6-4-13(5-7-14)16(23)22-11-9-21(10-12-22)15-3-1-2-8-20-15/h1-8,17H,9-12H2. The number of halogens is 2. The van der Waals surface area contributed by atoms with Crippen LogP contribution in [0.25, 0.3) is 0 Å². The van der Waals surface area contributed by atoms with Crippen LogP contribution in [0.2, 0.25) is 0 Å². The van der Waals surface area contributed by atoms with Crippen LogP contribution in [0.1, 0.15) is 10.4 Å². The topological polar surface area (TPSA) is 70.6 Å². The fourth-order valence-corrected chi connectivity index (χ4v) is 3.47. The number of carbonyl (C=O) groups excluding carboxylic acids is 1. The Balaban J connectivity index is 1.66. The molecule has 26 heavy (non-hydrogen) atoms. The summed E-state index contributed by atoms with van der Waals surface area (Å²) in [4.78, 5) is 20.0.